The molecule has 0 unspecified atom stereocenters. The summed E-state index contributed by atoms with van der Waals surface area (Å²) in [5, 5.41) is 5.93. The number of nitrogens with zero attached hydrogens (tertiary/aromatic N) is 1. The fourth-order valence-corrected chi connectivity index (χ4v) is 2.11. The molecule has 1 amide bonds. The Labute approximate surface area is 126 Å². The lowest BCUT2D eigenvalue weighted by Gasteiger charge is -2.26. The van der Waals surface area contributed by atoms with E-state index < -0.39 is 5.54 Å². The van der Waals surface area contributed by atoms with Crippen molar-refractivity contribution in [3.8, 4) is 0 Å². The first-order valence-electron chi connectivity index (χ1n) is 7.41. The maximum atomic E-state index is 12.1. The number of hydrogen-bond donors (Lipinski definition) is 2. The van der Waals surface area contributed by atoms with Crippen LogP contribution in [0.25, 0.3) is 0 Å². The van der Waals surface area contributed by atoms with Crippen LogP contribution in [0.5, 0.6) is 0 Å². The third-order valence-corrected chi connectivity index (χ3v) is 3.91. The lowest BCUT2D eigenvalue weighted by Crippen LogP contribution is -2.47. The number of carbonyl (C=O) groups is 1. The van der Waals surface area contributed by atoms with Gasteiger partial charge in [0.15, 0.2) is 0 Å². The Morgan fingerprint density at radius 2 is 1.86 bits per heavy atom. The van der Waals surface area contributed by atoms with Crippen molar-refractivity contribution in [3.05, 3.63) is 29.8 Å². The molecule has 0 bridgehead atoms. The zero-order chi connectivity index (χ0) is 15.3. The second-order valence-electron chi connectivity index (χ2n) is 5.91. The van der Waals surface area contributed by atoms with Gasteiger partial charge in [0.1, 0.15) is 0 Å². The highest BCUT2D eigenvalue weighted by Gasteiger charge is 2.25. The number of anilines is 1. The minimum absolute atomic E-state index is 0.0362. The monoisotopic (exact) mass is 291 g/mol. The molecule has 5 heteroatoms. The number of benzene rings is 1. The van der Waals surface area contributed by atoms with Gasteiger partial charge >= 0.3 is 0 Å². The van der Waals surface area contributed by atoms with Crippen LogP contribution in [0.15, 0.2) is 24.3 Å². The zero-order valence-corrected chi connectivity index (χ0v) is 13.1. The Kier molecular flexibility index (Phi) is 5.33. The first-order valence-corrected chi connectivity index (χ1v) is 7.41. The molecule has 1 heterocycles. The SMILES string of the molecule is CNC(C)(C)C(=O)Nc1ccc(CN2CCOCC2)cc1. The summed E-state index contributed by atoms with van der Waals surface area (Å²) in [6.45, 7) is 8.23. The molecule has 0 radical (unpaired) electrons. The Hall–Kier alpha value is -1.43. The van der Waals surface area contributed by atoms with Gasteiger partial charge in [-0.2, -0.15) is 0 Å². The van der Waals surface area contributed by atoms with Crippen molar-refractivity contribution in [1.82, 2.24) is 10.2 Å². The van der Waals surface area contributed by atoms with Gasteiger partial charge in [-0.1, -0.05) is 12.1 Å². The number of hydrogen-bond acceptors (Lipinski definition) is 4. The van der Waals surface area contributed by atoms with Gasteiger partial charge in [-0.05, 0) is 38.6 Å². The van der Waals surface area contributed by atoms with E-state index in [1.54, 1.807) is 7.05 Å². The molecule has 0 spiro atoms. The number of rotatable bonds is 5. The lowest BCUT2D eigenvalue weighted by molar-refractivity contribution is -0.121. The Morgan fingerprint density at radius 3 is 2.43 bits per heavy atom. The summed E-state index contributed by atoms with van der Waals surface area (Å²) in [4.78, 5) is 14.4. The molecule has 5 nitrogen and oxygen atoms in total. The minimum atomic E-state index is -0.577. The fraction of sp³-hybridized carbons (Fsp3) is 0.562. The van der Waals surface area contributed by atoms with Crippen molar-refractivity contribution in [1.29, 1.82) is 0 Å². The van der Waals surface area contributed by atoms with Crippen molar-refractivity contribution in [2.24, 2.45) is 0 Å². The van der Waals surface area contributed by atoms with Gasteiger partial charge in [0.2, 0.25) is 5.91 Å². The van der Waals surface area contributed by atoms with Crippen LogP contribution < -0.4 is 10.6 Å². The van der Waals surface area contributed by atoms with Gasteiger partial charge in [0, 0.05) is 25.3 Å². The van der Waals surface area contributed by atoms with Crippen LogP contribution in [0.3, 0.4) is 0 Å². The van der Waals surface area contributed by atoms with Crippen LogP contribution in [0.4, 0.5) is 5.69 Å². The van der Waals surface area contributed by atoms with E-state index in [1.807, 2.05) is 26.0 Å². The second-order valence-corrected chi connectivity index (χ2v) is 5.91. The summed E-state index contributed by atoms with van der Waals surface area (Å²) >= 11 is 0. The molecule has 0 saturated carbocycles. The van der Waals surface area contributed by atoms with Gasteiger partial charge in [-0.15, -0.1) is 0 Å². The quantitative estimate of drug-likeness (QED) is 0.862. The van der Waals surface area contributed by atoms with E-state index in [4.69, 9.17) is 4.74 Å². The van der Waals surface area contributed by atoms with Crippen LogP contribution in [0, 0.1) is 0 Å². The summed E-state index contributed by atoms with van der Waals surface area (Å²) in [6.07, 6.45) is 0. The molecule has 0 aromatic heterocycles. The van der Waals surface area contributed by atoms with Crippen molar-refractivity contribution in [2.45, 2.75) is 25.9 Å². The van der Waals surface area contributed by atoms with Gasteiger partial charge in [0.05, 0.1) is 18.8 Å². The molecule has 1 fully saturated rings. The van der Waals surface area contributed by atoms with E-state index in [-0.39, 0.29) is 5.91 Å². The van der Waals surface area contributed by atoms with Gasteiger partial charge in [0.25, 0.3) is 0 Å². The number of nitrogens with one attached hydrogen (secondary N) is 2. The largest absolute Gasteiger partial charge is 0.379 e. The van der Waals surface area contributed by atoms with E-state index in [9.17, 15) is 4.79 Å². The predicted molar refractivity (Wildman–Crippen MR) is 84.3 cm³/mol. The van der Waals surface area contributed by atoms with Crippen LogP contribution in [0.2, 0.25) is 0 Å². The van der Waals surface area contributed by atoms with Gasteiger partial charge < -0.3 is 15.4 Å². The van der Waals surface area contributed by atoms with Crippen molar-refractivity contribution in [2.75, 3.05) is 38.7 Å². The maximum Gasteiger partial charge on any atom is 0.244 e. The van der Waals surface area contributed by atoms with Gasteiger partial charge in [-0.3, -0.25) is 9.69 Å². The van der Waals surface area contributed by atoms with Crippen LogP contribution in [-0.2, 0) is 16.1 Å². The van der Waals surface area contributed by atoms with Crippen LogP contribution >= 0.6 is 0 Å². The standard InChI is InChI=1S/C16H25N3O2/c1-16(2,17-3)15(20)18-14-6-4-13(5-7-14)12-19-8-10-21-11-9-19/h4-7,17H,8-12H2,1-3H3,(H,18,20). The van der Waals surface area contributed by atoms with Crippen molar-refractivity contribution in [3.63, 3.8) is 0 Å². The van der Waals surface area contributed by atoms with E-state index >= 15 is 0 Å². The third-order valence-electron chi connectivity index (χ3n) is 3.91. The average molecular weight is 291 g/mol. The summed E-state index contributed by atoms with van der Waals surface area (Å²) in [6, 6.07) is 8.05. The summed E-state index contributed by atoms with van der Waals surface area (Å²) in [5.41, 5.74) is 1.50. The molecule has 1 aromatic rings. The molecular formula is C16H25N3O2. The third kappa shape index (κ3) is 4.52. The summed E-state index contributed by atoms with van der Waals surface area (Å²) in [5.74, 6) is -0.0362. The smallest absolute Gasteiger partial charge is 0.244 e. The maximum absolute atomic E-state index is 12.1. The summed E-state index contributed by atoms with van der Waals surface area (Å²) < 4.78 is 5.35. The first kappa shape index (κ1) is 15.9. The summed E-state index contributed by atoms with van der Waals surface area (Å²) in [7, 11) is 1.78. The zero-order valence-electron chi connectivity index (χ0n) is 13.1. The minimum Gasteiger partial charge on any atom is -0.379 e. The number of likely N-dealkylation sites (N-methyl/N-ethyl adjacent to an activating group) is 1. The molecule has 2 N–H and O–H groups in total. The van der Waals surface area contributed by atoms with Crippen LogP contribution in [0.1, 0.15) is 19.4 Å². The number of ether oxygens (including phenoxy) is 1. The Balaban J connectivity index is 1.91. The first-order chi connectivity index (χ1) is 10.0. The van der Waals surface area contributed by atoms with Crippen LogP contribution in [-0.4, -0.2) is 49.7 Å². The molecule has 1 aromatic carbocycles. The number of morpholine rings is 1. The highest BCUT2D eigenvalue weighted by molar-refractivity contribution is 5.97. The predicted octanol–water partition coefficient (Wildman–Crippen LogP) is 1.46. The van der Waals surface area contributed by atoms with E-state index in [0.717, 1.165) is 38.5 Å². The normalized spacial score (nSPS) is 16.7. The molecule has 2 rings (SSSR count). The molecule has 0 atom stereocenters. The molecule has 116 valence electrons. The van der Waals surface area contributed by atoms with Gasteiger partial charge in [-0.25, -0.2) is 0 Å². The Morgan fingerprint density at radius 1 is 1.24 bits per heavy atom. The fourth-order valence-electron chi connectivity index (χ4n) is 2.11. The van der Waals surface area contributed by atoms with E-state index in [0.29, 0.717) is 0 Å². The van der Waals surface area contributed by atoms with E-state index in [2.05, 4.69) is 27.7 Å². The highest BCUT2D eigenvalue weighted by atomic mass is 16.5. The molecule has 1 aliphatic heterocycles. The van der Waals surface area contributed by atoms with E-state index in [1.165, 1.54) is 5.56 Å². The number of amides is 1. The highest BCUT2D eigenvalue weighted by Crippen LogP contribution is 2.14. The molecule has 21 heavy (non-hydrogen) atoms. The lowest BCUT2D eigenvalue weighted by atomic mass is 10.0. The Bertz CT molecular complexity index is 465. The van der Waals surface area contributed by atoms with Crippen molar-refractivity contribution < 1.29 is 9.53 Å². The van der Waals surface area contributed by atoms with Crippen molar-refractivity contribution >= 4 is 11.6 Å². The average Bonchev–Trinajstić information content (AvgIpc) is 2.50. The molecular weight excluding hydrogens is 266 g/mol. The molecule has 1 saturated heterocycles. The molecule has 1 aliphatic rings. The second kappa shape index (κ2) is 7.02. The molecule has 0 aliphatic carbocycles. The topological polar surface area (TPSA) is 53.6 Å². The number of carbonyl (C=O) groups excluding carboxylic acids is 1.